The van der Waals surface area contributed by atoms with E-state index in [0.29, 0.717) is 0 Å². The van der Waals surface area contributed by atoms with Crippen molar-refractivity contribution in [3.05, 3.63) is 70.2 Å². The molecule has 2 aromatic rings. The van der Waals surface area contributed by atoms with Crippen LogP contribution in [-0.4, -0.2) is 6.54 Å². The molecule has 0 saturated carbocycles. The monoisotopic (exact) mass is 287 g/mol. The van der Waals surface area contributed by atoms with Crippen molar-refractivity contribution in [2.75, 3.05) is 6.54 Å². The summed E-state index contributed by atoms with van der Waals surface area (Å²) >= 11 is 6.16. The number of nitrogens with one attached hydrogen (secondary N) is 1. The molecule has 0 aliphatic heterocycles. The molecule has 0 bridgehead atoms. The summed E-state index contributed by atoms with van der Waals surface area (Å²) in [7, 11) is 0. The maximum Gasteiger partial charge on any atom is 0.0579 e. The third-order valence-electron chi connectivity index (χ3n) is 3.53. The molecule has 0 aliphatic carbocycles. The lowest BCUT2D eigenvalue weighted by molar-refractivity contribution is 0.595. The molecule has 2 heteroatoms. The second-order valence-corrected chi connectivity index (χ2v) is 5.43. The normalized spacial score (nSPS) is 12.3. The minimum atomic E-state index is 0.213. The van der Waals surface area contributed by atoms with Gasteiger partial charge in [0.2, 0.25) is 0 Å². The molecule has 0 heterocycles. The van der Waals surface area contributed by atoms with Crippen molar-refractivity contribution >= 4 is 11.6 Å². The average molecular weight is 288 g/mol. The molecule has 0 radical (unpaired) electrons. The molecule has 0 fully saturated rings. The van der Waals surface area contributed by atoms with Crippen LogP contribution in [0.5, 0.6) is 0 Å². The van der Waals surface area contributed by atoms with Crippen LogP contribution in [0.25, 0.3) is 0 Å². The van der Waals surface area contributed by atoms with Crippen molar-refractivity contribution in [3.63, 3.8) is 0 Å². The summed E-state index contributed by atoms with van der Waals surface area (Å²) < 4.78 is 0. The Balaban J connectivity index is 2.41. The Bertz CT molecular complexity index is 551. The molecular formula is C18H22ClN. The van der Waals surface area contributed by atoms with Crippen molar-refractivity contribution in [1.29, 1.82) is 0 Å². The summed E-state index contributed by atoms with van der Waals surface area (Å²) in [4.78, 5) is 0. The van der Waals surface area contributed by atoms with Gasteiger partial charge in [-0.2, -0.15) is 0 Å². The van der Waals surface area contributed by atoms with E-state index in [-0.39, 0.29) is 6.04 Å². The summed E-state index contributed by atoms with van der Waals surface area (Å²) in [5, 5.41) is 4.44. The van der Waals surface area contributed by atoms with E-state index >= 15 is 0 Å². The van der Waals surface area contributed by atoms with Crippen LogP contribution in [0.4, 0.5) is 0 Å². The number of hydrogen-bond donors (Lipinski definition) is 1. The number of hydrogen-bond acceptors (Lipinski definition) is 1. The van der Waals surface area contributed by atoms with E-state index in [9.17, 15) is 0 Å². The number of halogens is 1. The largest absolute Gasteiger partial charge is 0.306 e. The summed E-state index contributed by atoms with van der Waals surface area (Å²) in [5.74, 6) is 0. The zero-order chi connectivity index (χ0) is 14.4. The fraction of sp³-hybridized carbons (Fsp3) is 0.333. The molecule has 0 spiro atoms. The van der Waals surface area contributed by atoms with Gasteiger partial charge in [0.05, 0.1) is 6.04 Å². The quantitative estimate of drug-likeness (QED) is 0.789. The lowest BCUT2D eigenvalue weighted by Gasteiger charge is -2.22. The van der Waals surface area contributed by atoms with Crippen LogP contribution in [0.1, 0.15) is 43.0 Å². The Morgan fingerprint density at radius 2 is 1.85 bits per heavy atom. The van der Waals surface area contributed by atoms with Gasteiger partial charge in [-0.25, -0.2) is 0 Å². The topological polar surface area (TPSA) is 12.0 Å². The Kier molecular flexibility index (Phi) is 5.63. The van der Waals surface area contributed by atoms with Gasteiger partial charge < -0.3 is 5.32 Å². The Morgan fingerprint density at radius 3 is 2.55 bits per heavy atom. The van der Waals surface area contributed by atoms with Gasteiger partial charge in [0.25, 0.3) is 0 Å². The fourth-order valence-electron chi connectivity index (χ4n) is 2.52. The van der Waals surface area contributed by atoms with Gasteiger partial charge in [-0.3, -0.25) is 0 Å². The van der Waals surface area contributed by atoms with Gasteiger partial charge in [-0.1, -0.05) is 61.8 Å². The van der Waals surface area contributed by atoms with Gasteiger partial charge in [0.15, 0.2) is 0 Å². The molecule has 1 nitrogen and oxygen atoms in total. The maximum atomic E-state index is 6.16. The van der Waals surface area contributed by atoms with Crippen LogP contribution >= 0.6 is 11.6 Å². The molecule has 0 aliphatic rings. The molecule has 0 saturated heterocycles. The predicted octanol–water partition coefficient (Wildman–Crippen LogP) is 4.99. The third-order valence-corrected chi connectivity index (χ3v) is 3.76. The maximum absolute atomic E-state index is 6.16. The van der Waals surface area contributed by atoms with E-state index in [1.54, 1.807) is 0 Å². The molecular weight excluding hydrogens is 266 g/mol. The minimum absolute atomic E-state index is 0.213. The Labute approximate surface area is 127 Å². The first-order valence-corrected chi connectivity index (χ1v) is 7.70. The van der Waals surface area contributed by atoms with Crippen molar-refractivity contribution in [2.45, 2.75) is 32.7 Å². The smallest absolute Gasteiger partial charge is 0.0579 e. The molecule has 1 N–H and O–H groups in total. The highest BCUT2D eigenvalue weighted by atomic mass is 35.5. The first-order valence-electron chi connectivity index (χ1n) is 7.33. The van der Waals surface area contributed by atoms with E-state index in [1.807, 2.05) is 12.1 Å². The van der Waals surface area contributed by atoms with Gasteiger partial charge >= 0.3 is 0 Å². The summed E-state index contributed by atoms with van der Waals surface area (Å²) in [6.45, 7) is 5.39. The predicted molar refractivity (Wildman–Crippen MR) is 87.4 cm³/mol. The number of aryl methyl sites for hydroxylation is 1. The van der Waals surface area contributed by atoms with Crippen LogP contribution < -0.4 is 5.32 Å². The first-order chi connectivity index (χ1) is 9.76. The summed E-state index contributed by atoms with van der Waals surface area (Å²) in [5.41, 5.74) is 3.97. The third kappa shape index (κ3) is 3.62. The molecule has 0 amide bonds. The van der Waals surface area contributed by atoms with E-state index < -0.39 is 0 Å². The van der Waals surface area contributed by atoms with Crippen LogP contribution in [0.3, 0.4) is 0 Å². The Morgan fingerprint density at radius 1 is 1.05 bits per heavy atom. The molecule has 2 aromatic carbocycles. The van der Waals surface area contributed by atoms with Crippen LogP contribution in [0, 0.1) is 0 Å². The van der Waals surface area contributed by atoms with Crippen molar-refractivity contribution < 1.29 is 0 Å². The molecule has 0 aromatic heterocycles. The summed E-state index contributed by atoms with van der Waals surface area (Å²) in [6, 6.07) is 17.0. The van der Waals surface area contributed by atoms with E-state index in [1.165, 1.54) is 16.7 Å². The highest BCUT2D eigenvalue weighted by Crippen LogP contribution is 2.27. The van der Waals surface area contributed by atoms with Crippen LogP contribution in [0.2, 0.25) is 5.02 Å². The van der Waals surface area contributed by atoms with Gasteiger partial charge in [0.1, 0.15) is 0 Å². The van der Waals surface area contributed by atoms with Gasteiger partial charge in [0, 0.05) is 5.02 Å². The first kappa shape index (κ1) is 15.1. The fourth-order valence-corrected chi connectivity index (χ4v) is 2.72. The molecule has 1 atom stereocenters. The highest BCUT2D eigenvalue weighted by Gasteiger charge is 2.16. The van der Waals surface area contributed by atoms with Crippen molar-refractivity contribution in [3.8, 4) is 0 Å². The van der Waals surface area contributed by atoms with E-state index in [4.69, 9.17) is 11.6 Å². The molecule has 1 unspecified atom stereocenters. The summed E-state index contributed by atoms with van der Waals surface area (Å²) in [6.07, 6.45) is 2.16. The van der Waals surface area contributed by atoms with Gasteiger partial charge in [-0.15, -0.1) is 0 Å². The van der Waals surface area contributed by atoms with Crippen LogP contribution in [-0.2, 0) is 6.42 Å². The molecule has 106 valence electrons. The average Bonchev–Trinajstić information content (AvgIpc) is 2.48. The number of benzene rings is 2. The van der Waals surface area contributed by atoms with E-state index in [0.717, 1.165) is 24.4 Å². The lowest BCUT2D eigenvalue weighted by atomic mass is 9.93. The standard InChI is InChI=1S/C18H22ClN/c1-3-12-20-18(15-9-7-10-16(19)13-15)17-11-6-5-8-14(17)4-2/h5-11,13,18,20H,3-4,12H2,1-2H3. The lowest BCUT2D eigenvalue weighted by Crippen LogP contribution is -2.24. The zero-order valence-electron chi connectivity index (χ0n) is 12.2. The second kappa shape index (κ2) is 7.47. The van der Waals surface area contributed by atoms with Crippen LogP contribution in [0.15, 0.2) is 48.5 Å². The van der Waals surface area contributed by atoms with Crippen molar-refractivity contribution in [2.24, 2.45) is 0 Å². The van der Waals surface area contributed by atoms with Crippen molar-refractivity contribution in [1.82, 2.24) is 5.32 Å². The number of rotatable bonds is 6. The van der Waals surface area contributed by atoms with Gasteiger partial charge in [-0.05, 0) is 48.2 Å². The highest BCUT2D eigenvalue weighted by molar-refractivity contribution is 6.30. The SMILES string of the molecule is CCCNC(c1cccc(Cl)c1)c1ccccc1CC. The molecule has 20 heavy (non-hydrogen) atoms. The Hall–Kier alpha value is -1.31. The zero-order valence-corrected chi connectivity index (χ0v) is 13.0. The minimum Gasteiger partial charge on any atom is -0.306 e. The second-order valence-electron chi connectivity index (χ2n) is 4.99. The molecule has 2 rings (SSSR count). The van der Waals surface area contributed by atoms with E-state index in [2.05, 4.69) is 55.6 Å².